The number of hydrogen-bond acceptors (Lipinski definition) is 2. The maximum absolute atomic E-state index is 13.3. The Kier molecular flexibility index (Phi) is 2.30. The Bertz CT molecular complexity index is 406. The molecule has 0 radical (unpaired) electrons. The lowest BCUT2D eigenvalue weighted by molar-refractivity contribution is 0.106. The van der Waals surface area contributed by atoms with Gasteiger partial charge in [0.25, 0.3) is 0 Å². The number of likely N-dealkylation sites (N-methyl/N-ethyl adjacent to an activating group) is 1. The number of benzene rings is 1. The van der Waals surface area contributed by atoms with Crippen LogP contribution in [-0.4, -0.2) is 19.2 Å². The van der Waals surface area contributed by atoms with E-state index in [1.54, 1.807) is 6.07 Å². The van der Waals surface area contributed by atoms with Crippen LogP contribution in [-0.2, 0) is 0 Å². The van der Waals surface area contributed by atoms with E-state index in [1.165, 1.54) is 6.07 Å². The van der Waals surface area contributed by atoms with Crippen LogP contribution in [0.1, 0.15) is 13.8 Å². The number of hydrogen-bond donors (Lipinski definition) is 0. The molecule has 0 fully saturated rings. The summed E-state index contributed by atoms with van der Waals surface area (Å²) in [5.74, 6) is 0.108. The Morgan fingerprint density at radius 1 is 1.47 bits per heavy atom. The van der Waals surface area contributed by atoms with Gasteiger partial charge in [0.05, 0.1) is 17.3 Å². The van der Waals surface area contributed by atoms with Gasteiger partial charge in [0, 0.05) is 13.1 Å². The van der Waals surface area contributed by atoms with Crippen LogP contribution in [0.5, 0.6) is 5.75 Å². The zero-order valence-corrected chi connectivity index (χ0v) is 9.73. The van der Waals surface area contributed by atoms with E-state index in [0.29, 0.717) is 5.75 Å². The SMILES string of the molecule is CN1CC(C)(C)Oc2cc(F)c(Cl)cc21. The van der Waals surface area contributed by atoms with Crippen molar-refractivity contribution in [3.05, 3.63) is 23.0 Å². The molecule has 2 rings (SSSR count). The van der Waals surface area contributed by atoms with E-state index in [2.05, 4.69) is 0 Å². The summed E-state index contributed by atoms with van der Waals surface area (Å²) in [4.78, 5) is 2.02. The van der Waals surface area contributed by atoms with Gasteiger partial charge in [-0.3, -0.25) is 0 Å². The van der Waals surface area contributed by atoms with E-state index >= 15 is 0 Å². The van der Waals surface area contributed by atoms with E-state index in [0.717, 1.165) is 12.2 Å². The van der Waals surface area contributed by atoms with Gasteiger partial charge in [0.2, 0.25) is 0 Å². The molecule has 15 heavy (non-hydrogen) atoms. The highest BCUT2D eigenvalue weighted by Crippen LogP contribution is 2.38. The molecule has 0 N–H and O–H groups in total. The molecule has 1 heterocycles. The van der Waals surface area contributed by atoms with Gasteiger partial charge in [-0.05, 0) is 19.9 Å². The van der Waals surface area contributed by atoms with Crippen molar-refractivity contribution >= 4 is 17.3 Å². The van der Waals surface area contributed by atoms with Crippen molar-refractivity contribution in [1.82, 2.24) is 0 Å². The summed E-state index contributed by atoms with van der Waals surface area (Å²) < 4.78 is 18.9. The zero-order valence-electron chi connectivity index (χ0n) is 8.97. The van der Waals surface area contributed by atoms with Crippen LogP contribution in [0.3, 0.4) is 0 Å². The first kappa shape index (κ1) is 10.6. The molecule has 82 valence electrons. The predicted molar refractivity (Wildman–Crippen MR) is 59.4 cm³/mol. The third-order valence-electron chi connectivity index (χ3n) is 2.42. The molecule has 0 aromatic heterocycles. The van der Waals surface area contributed by atoms with Gasteiger partial charge in [0.15, 0.2) is 0 Å². The third-order valence-corrected chi connectivity index (χ3v) is 2.71. The number of fused-ring (bicyclic) bond motifs is 1. The first-order chi connectivity index (χ1) is 6.89. The molecule has 0 bridgehead atoms. The average molecular weight is 230 g/mol. The van der Waals surface area contributed by atoms with Crippen molar-refractivity contribution in [3.8, 4) is 5.75 Å². The van der Waals surface area contributed by atoms with Gasteiger partial charge in [-0.15, -0.1) is 0 Å². The summed E-state index contributed by atoms with van der Waals surface area (Å²) in [5.41, 5.74) is 0.530. The van der Waals surface area contributed by atoms with Crippen LogP contribution < -0.4 is 9.64 Å². The number of rotatable bonds is 0. The summed E-state index contributed by atoms with van der Waals surface area (Å²) in [6.07, 6.45) is 0. The fourth-order valence-electron chi connectivity index (χ4n) is 1.88. The minimum atomic E-state index is -0.443. The minimum Gasteiger partial charge on any atom is -0.484 e. The second-order valence-electron chi connectivity index (χ2n) is 4.45. The quantitative estimate of drug-likeness (QED) is 0.678. The number of halogens is 2. The Balaban J connectivity index is 2.51. The molecule has 1 aromatic rings. The molecule has 0 unspecified atom stereocenters. The van der Waals surface area contributed by atoms with Crippen LogP contribution in [0.4, 0.5) is 10.1 Å². The lowest BCUT2D eigenvalue weighted by Crippen LogP contribution is -2.45. The predicted octanol–water partition coefficient (Wildman–Crippen LogP) is 3.09. The lowest BCUT2D eigenvalue weighted by atomic mass is 10.1. The van der Waals surface area contributed by atoms with Crippen LogP contribution in [0.25, 0.3) is 0 Å². The van der Waals surface area contributed by atoms with Crippen molar-refractivity contribution in [3.63, 3.8) is 0 Å². The first-order valence-electron chi connectivity index (χ1n) is 4.78. The molecule has 0 saturated carbocycles. The normalized spacial score (nSPS) is 18.3. The standard InChI is InChI=1S/C11H13ClFNO/c1-11(2)6-14(3)9-4-7(12)8(13)5-10(9)15-11/h4-5H,6H2,1-3H3. The van der Waals surface area contributed by atoms with Crippen LogP contribution in [0.2, 0.25) is 5.02 Å². The molecule has 4 heteroatoms. The van der Waals surface area contributed by atoms with Gasteiger partial charge in [0.1, 0.15) is 17.2 Å². The first-order valence-corrected chi connectivity index (χ1v) is 5.16. The van der Waals surface area contributed by atoms with Gasteiger partial charge in [-0.2, -0.15) is 0 Å². The lowest BCUT2D eigenvalue weighted by Gasteiger charge is -2.39. The Morgan fingerprint density at radius 2 is 2.13 bits per heavy atom. The van der Waals surface area contributed by atoms with E-state index in [1.807, 2.05) is 25.8 Å². The number of nitrogens with zero attached hydrogens (tertiary/aromatic N) is 1. The molecule has 0 aliphatic carbocycles. The van der Waals surface area contributed by atoms with Crippen molar-refractivity contribution in [2.75, 3.05) is 18.5 Å². The van der Waals surface area contributed by atoms with Crippen molar-refractivity contribution in [1.29, 1.82) is 0 Å². The van der Waals surface area contributed by atoms with Gasteiger partial charge < -0.3 is 9.64 Å². The van der Waals surface area contributed by atoms with E-state index in [4.69, 9.17) is 16.3 Å². The average Bonchev–Trinajstić information content (AvgIpc) is 2.07. The summed E-state index contributed by atoms with van der Waals surface area (Å²) >= 11 is 5.72. The van der Waals surface area contributed by atoms with Crippen molar-refractivity contribution in [2.24, 2.45) is 0 Å². The molecule has 0 amide bonds. The van der Waals surface area contributed by atoms with Crippen molar-refractivity contribution < 1.29 is 9.13 Å². The molecule has 0 atom stereocenters. The Labute approximate surface area is 93.6 Å². The highest BCUT2D eigenvalue weighted by atomic mass is 35.5. The molecule has 1 aliphatic rings. The second-order valence-corrected chi connectivity index (χ2v) is 4.86. The zero-order chi connectivity index (χ0) is 11.2. The van der Waals surface area contributed by atoms with Crippen molar-refractivity contribution in [2.45, 2.75) is 19.4 Å². The molecule has 1 aromatic carbocycles. The summed E-state index contributed by atoms with van der Waals surface area (Å²) in [6.45, 7) is 4.69. The summed E-state index contributed by atoms with van der Waals surface area (Å²) in [7, 11) is 1.94. The third kappa shape index (κ3) is 1.88. The second kappa shape index (κ2) is 3.27. The van der Waals surface area contributed by atoms with Gasteiger partial charge >= 0.3 is 0 Å². The number of anilines is 1. The molecule has 0 saturated heterocycles. The summed E-state index contributed by atoms with van der Waals surface area (Å²) in [6, 6.07) is 2.94. The molecular formula is C11H13ClFNO. The summed E-state index contributed by atoms with van der Waals surface area (Å²) in [5, 5.41) is 0.129. The Hall–Kier alpha value is -0.960. The van der Waals surface area contributed by atoms with Gasteiger partial charge in [-0.1, -0.05) is 11.6 Å². The largest absolute Gasteiger partial charge is 0.484 e. The van der Waals surface area contributed by atoms with Crippen LogP contribution in [0.15, 0.2) is 12.1 Å². The maximum Gasteiger partial charge on any atom is 0.146 e. The van der Waals surface area contributed by atoms with Crippen LogP contribution in [0, 0.1) is 5.82 Å². The molecule has 0 spiro atoms. The molecular weight excluding hydrogens is 217 g/mol. The highest BCUT2D eigenvalue weighted by Gasteiger charge is 2.30. The van der Waals surface area contributed by atoms with E-state index < -0.39 is 5.82 Å². The highest BCUT2D eigenvalue weighted by molar-refractivity contribution is 6.31. The monoisotopic (exact) mass is 229 g/mol. The van der Waals surface area contributed by atoms with Crippen LogP contribution >= 0.6 is 11.6 Å². The molecule has 1 aliphatic heterocycles. The topological polar surface area (TPSA) is 12.5 Å². The smallest absolute Gasteiger partial charge is 0.146 e. The Morgan fingerprint density at radius 3 is 2.80 bits per heavy atom. The molecule has 2 nitrogen and oxygen atoms in total. The van der Waals surface area contributed by atoms with E-state index in [9.17, 15) is 4.39 Å². The van der Waals surface area contributed by atoms with Gasteiger partial charge in [-0.25, -0.2) is 4.39 Å². The fraction of sp³-hybridized carbons (Fsp3) is 0.455. The fourth-order valence-corrected chi connectivity index (χ4v) is 2.04. The van der Waals surface area contributed by atoms with E-state index in [-0.39, 0.29) is 10.6 Å². The number of ether oxygens (including phenoxy) is 1. The minimum absolute atomic E-state index is 0.129. The maximum atomic E-state index is 13.3.